The Balaban J connectivity index is 2.55. The molecule has 0 bridgehead atoms. The van der Waals surface area contributed by atoms with Crippen LogP contribution in [0.2, 0.25) is 0 Å². The van der Waals surface area contributed by atoms with E-state index in [4.69, 9.17) is 0 Å². The van der Waals surface area contributed by atoms with E-state index in [2.05, 4.69) is 6.92 Å². The Hall–Kier alpha value is -1.50. The molecule has 0 unspecified atom stereocenters. The Labute approximate surface area is 160 Å². The van der Waals surface area contributed by atoms with E-state index in [1.54, 1.807) is 0 Å². The number of aliphatic hydroxyl groups is 1. The molecule has 0 aliphatic carbocycles. The fourth-order valence-electron chi connectivity index (χ4n) is 3.29. The summed E-state index contributed by atoms with van der Waals surface area (Å²) in [6.07, 6.45) is 6.99. The summed E-state index contributed by atoms with van der Waals surface area (Å²) in [5.41, 5.74) is 0. The third-order valence-electron chi connectivity index (χ3n) is 5.10. The maximum Gasteiger partial charge on any atom is 0.327 e. The van der Waals surface area contributed by atoms with Gasteiger partial charge >= 0.3 is 5.92 Å². The number of carboxylic acid groups (broad SMARTS) is 1. The molecule has 3 atom stereocenters. The van der Waals surface area contributed by atoms with E-state index in [-0.39, 0.29) is 18.9 Å². The summed E-state index contributed by atoms with van der Waals surface area (Å²) in [5.74, 6) is -5.60. The first kappa shape index (κ1) is 23.5. The second kappa shape index (κ2) is 11.4. The molecule has 1 aliphatic heterocycles. The van der Waals surface area contributed by atoms with E-state index in [0.29, 0.717) is 25.7 Å². The number of aliphatic carboxylic acids is 1. The number of carbonyl (C=O) groups is 2. The molecule has 1 fully saturated rings. The number of hydrogen-bond acceptors (Lipinski definition) is 4. The van der Waals surface area contributed by atoms with Crippen molar-refractivity contribution in [1.82, 2.24) is 4.90 Å². The van der Waals surface area contributed by atoms with Crippen LogP contribution in [0.15, 0.2) is 12.2 Å². The predicted octanol–water partition coefficient (Wildman–Crippen LogP) is 2.67. The molecule has 0 radical (unpaired) electrons. The van der Waals surface area contributed by atoms with Crippen molar-refractivity contribution in [2.45, 2.75) is 89.7 Å². The molecule has 0 aromatic rings. The number of unbranched alkanes of at least 4 members (excludes halogenated alkanes) is 4. The van der Waals surface area contributed by atoms with Crippen LogP contribution in [-0.2, 0) is 9.59 Å². The summed E-state index contributed by atoms with van der Waals surface area (Å²) in [5, 5.41) is 20.5. The zero-order valence-electron chi connectivity index (χ0n) is 16.3. The fraction of sp³-hybridized carbons (Fsp3) is 0.800. The van der Waals surface area contributed by atoms with Crippen LogP contribution in [0.4, 0.5) is 8.78 Å². The molecule has 1 aliphatic rings. The number of likely N-dealkylation sites (tertiary alicyclic amines) is 1. The summed E-state index contributed by atoms with van der Waals surface area (Å²) in [4.78, 5) is 23.5. The topological polar surface area (TPSA) is 80.7 Å². The second-order valence-corrected chi connectivity index (χ2v) is 7.51. The van der Waals surface area contributed by atoms with E-state index in [1.807, 2.05) is 6.92 Å². The van der Waals surface area contributed by atoms with Crippen molar-refractivity contribution in [3.63, 3.8) is 0 Å². The van der Waals surface area contributed by atoms with Crippen LogP contribution in [0.5, 0.6) is 0 Å². The summed E-state index contributed by atoms with van der Waals surface area (Å²) >= 11 is 0. The molecule has 1 amide bonds. The minimum atomic E-state index is -3.37. The van der Waals surface area contributed by atoms with Crippen molar-refractivity contribution in [3.05, 3.63) is 12.2 Å². The first-order chi connectivity index (χ1) is 12.7. The van der Waals surface area contributed by atoms with Gasteiger partial charge in [0, 0.05) is 18.9 Å². The van der Waals surface area contributed by atoms with E-state index in [1.165, 1.54) is 17.1 Å². The SMILES string of the molecule is CCCC[C@H](C)[C@H](O)/C=C/[C@H]1CC(F)(F)C(=O)N1CCCCCCC(=O)[O-]. The number of carbonyl (C=O) groups excluding carboxylic acids is 2. The Morgan fingerprint density at radius 1 is 1.33 bits per heavy atom. The quantitative estimate of drug-likeness (QED) is 0.389. The average molecular weight is 388 g/mol. The van der Waals surface area contributed by atoms with Gasteiger partial charge in [0.15, 0.2) is 0 Å². The van der Waals surface area contributed by atoms with Crippen LogP contribution in [0.1, 0.15) is 71.6 Å². The number of alkyl halides is 2. The molecule has 1 heterocycles. The van der Waals surface area contributed by atoms with Gasteiger partial charge in [0.1, 0.15) is 0 Å². The highest BCUT2D eigenvalue weighted by Crippen LogP contribution is 2.34. The standard InChI is InChI=1S/C20H33F2NO4/c1-3-4-9-15(2)17(24)12-11-16-14-20(21,22)19(27)23(16)13-8-6-5-7-10-18(25)26/h11-12,15-17,24H,3-10,13-14H2,1-2H3,(H,25,26)/p-1/b12-11+/t15-,16-,17+/m0/s1. The van der Waals surface area contributed by atoms with Gasteiger partial charge in [-0.15, -0.1) is 0 Å². The van der Waals surface area contributed by atoms with Crippen LogP contribution in [-0.4, -0.2) is 46.5 Å². The number of halogens is 2. The number of nitrogens with zero attached hydrogens (tertiary/aromatic N) is 1. The van der Waals surface area contributed by atoms with Crippen molar-refractivity contribution in [2.75, 3.05) is 6.54 Å². The fourth-order valence-corrected chi connectivity index (χ4v) is 3.29. The van der Waals surface area contributed by atoms with Crippen molar-refractivity contribution in [2.24, 2.45) is 5.92 Å². The molecule has 156 valence electrons. The van der Waals surface area contributed by atoms with Gasteiger partial charge in [-0.25, -0.2) is 0 Å². The molecule has 1 N–H and O–H groups in total. The van der Waals surface area contributed by atoms with Gasteiger partial charge in [0.25, 0.3) is 5.91 Å². The smallest absolute Gasteiger partial charge is 0.327 e. The monoisotopic (exact) mass is 388 g/mol. The average Bonchev–Trinajstić information content (AvgIpc) is 2.82. The summed E-state index contributed by atoms with van der Waals surface area (Å²) < 4.78 is 27.7. The highest BCUT2D eigenvalue weighted by molar-refractivity contribution is 5.86. The lowest BCUT2D eigenvalue weighted by molar-refractivity contribution is -0.305. The van der Waals surface area contributed by atoms with E-state index in [9.17, 15) is 28.6 Å². The minimum absolute atomic E-state index is 0.0137. The van der Waals surface area contributed by atoms with Crippen LogP contribution in [0.25, 0.3) is 0 Å². The van der Waals surface area contributed by atoms with Crippen molar-refractivity contribution < 1.29 is 28.6 Å². The van der Waals surface area contributed by atoms with Gasteiger partial charge < -0.3 is 19.9 Å². The van der Waals surface area contributed by atoms with E-state index < -0.39 is 36.4 Å². The minimum Gasteiger partial charge on any atom is -0.550 e. The maximum atomic E-state index is 13.8. The number of rotatable bonds is 13. The van der Waals surface area contributed by atoms with Gasteiger partial charge in [0.2, 0.25) is 0 Å². The number of hydrogen-bond donors (Lipinski definition) is 1. The Kier molecular flexibility index (Phi) is 9.91. The van der Waals surface area contributed by atoms with Crippen LogP contribution in [0, 0.1) is 5.92 Å². The van der Waals surface area contributed by atoms with E-state index in [0.717, 1.165) is 19.3 Å². The first-order valence-corrected chi connectivity index (χ1v) is 9.94. The lowest BCUT2D eigenvalue weighted by atomic mass is 9.97. The zero-order valence-corrected chi connectivity index (χ0v) is 16.3. The van der Waals surface area contributed by atoms with Crippen LogP contribution < -0.4 is 5.11 Å². The third-order valence-corrected chi connectivity index (χ3v) is 5.10. The molecular formula is C20H32F2NO4-. The molecule has 7 heteroatoms. The third kappa shape index (κ3) is 7.95. The maximum absolute atomic E-state index is 13.8. The first-order valence-electron chi connectivity index (χ1n) is 9.94. The lowest BCUT2D eigenvalue weighted by Crippen LogP contribution is -2.36. The summed E-state index contributed by atoms with van der Waals surface area (Å²) in [6, 6.07) is -0.719. The van der Waals surface area contributed by atoms with Gasteiger partial charge in [0.05, 0.1) is 12.1 Å². The van der Waals surface area contributed by atoms with Gasteiger partial charge in [-0.05, 0) is 31.6 Å². The second-order valence-electron chi connectivity index (χ2n) is 7.51. The van der Waals surface area contributed by atoms with Crippen molar-refractivity contribution in [3.8, 4) is 0 Å². The normalized spacial score (nSPS) is 21.7. The Bertz CT molecular complexity index is 510. The molecule has 0 aromatic carbocycles. The van der Waals surface area contributed by atoms with Crippen molar-refractivity contribution >= 4 is 11.9 Å². The lowest BCUT2D eigenvalue weighted by Gasteiger charge is -2.22. The number of amides is 1. The molecule has 1 rings (SSSR count). The largest absolute Gasteiger partial charge is 0.550 e. The zero-order chi connectivity index (χ0) is 20.4. The predicted molar refractivity (Wildman–Crippen MR) is 97.0 cm³/mol. The molecule has 0 saturated carbocycles. The molecule has 0 spiro atoms. The van der Waals surface area contributed by atoms with E-state index >= 15 is 0 Å². The Morgan fingerprint density at radius 2 is 2.00 bits per heavy atom. The molecule has 0 aromatic heterocycles. The highest BCUT2D eigenvalue weighted by atomic mass is 19.3. The summed E-state index contributed by atoms with van der Waals surface area (Å²) in [6.45, 7) is 4.19. The van der Waals surface area contributed by atoms with Crippen LogP contribution >= 0.6 is 0 Å². The number of carboxylic acids is 1. The number of aliphatic hydroxyl groups excluding tert-OH is 1. The summed E-state index contributed by atoms with van der Waals surface area (Å²) in [7, 11) is 0. The molecule has 5 nitrogen and oxygen atoms in total. The molecule has 27 heavy (non-hydrogen) atoms. The molecule has 1 saturated heterocycles. The van der Waals surface area contributed by atoms with Crippen LogP contribution in [0.3, 0.4) is 0 Å². The van der Waals surface area contributed by atoms with Crippen molar-refractivity contribution in [1.29, 1.82) is 0 Å². The van der Waals surface area contributed by atoms with Gasteiger partial charge in [-0.3, -0.25) is 4.79 Å². The van der Waals surface area contributed by atoms with Gasteiger partial charge in [-0.2, -0.15) is 8.78 Å². The highest BCUT2D eigenvalue weighted by Gasteiger charge is 2.52. The molecular weight excluding hydrogens is 356 g/mol. The van der Waals surface area contributed by atoms with Gasteiger partial charge in [-0.1, -0.05) is 51.7 Å². The Morgan fingerprint density at radius 3 is 2.63 bits per heavy atom.